The maximum Gasteiger partial charge on any atom is 0.200 e. The molecule has 0 heterocycles. The van der Waals surface area contributed by atoms with Crippen LogP contribution >= 0.6 is 0 Å². The molecule has 1 aromatic rings. The van der Waals surface area contributed by atoms with Crippen LogP contribution in [0.2, 0.25) is 0 Å². The van der Waals surface area contributed by atoms with Gasteiger partial charge in [0.2, 0.25) is 5.82 Å². The Morgan fingerprint density at radius 3 is 2.79 bits per heavy atom. The summed E-state index contributed by atoms with van der Waals surface area (Å²) >= 11 is 0. The second kappa shape index (κ2) is 4.91. The topological polar surface area (TPSA) is 35.2 Å². The second-order valence-corrected chi connectivity index (χ2v) is 3.06. The molecule has 2 N–H and O–H groups in total. The van der Waals surface area contributed by atoms with E-state index in [1.165, 1.54) is 12.1 Å². The summed E-state index contributed by atoms with van der Waals surface area (Å²) in [6.07, 6.45) is 0.395. The van der Waals surface area contributed by atoms with Gasteiger partial charge in [0.25, 0.3) is 0 Å². The van der Waals surface area contributed by atoms with Gasteiger partial charge in [0.15, 0.2) is 11.6 Å². The van der Waals surface area contributed by atoms with Crippen LogP contribution in [0.4, 0.5) is 8.78 Å². The first kappa shape index (κ1) is 10.9. The Labute approximate surface area is 81.7 Å². The molecule has 2 nitrogen and oxygen atoms in total. The standard InChI is InChI=1S/C10H13F2NO/c1-7(5-6-13)14-9-4-2-3-8(11)10(9)12/h2-4,7H,5-6,13H2,1H3. The molecule has 0 aromatic heterocycles. The van der Waals surface area contributed by atoms with Crippen molar-refractivity contribution in [1.29, 1.82) is 0 Å². The smallest absolute Gasteiger partial charge is 0.200 e. The molecule has 4 heteroatoms. The fourth-order valence-corrected chi connectivity index (χ4v) is 1.09. The summed E-state index contributed by atoms with van der Waals surface area (Å²) in [4.78, 5) is 0. The van der Waals surface area contributed by atoms with Gasteiger partial charge in [-0.15, -0.1) is 0 Å². The molecule has 0 radical (unpaired) electrons. The molecule has 1 unspecified atom stereocenters. The van der Waals surface area contributed by atoms with Gasteiger partial charge in [-0.25, -0.2) is 4.39 Å². The van der Waals surface area contributed by atoms with Crippen molar-refractivity contribution < 1.29 is 13.5 Å². The Morgan fingerprint density at radius 2 is 2.14 bits per heavy atom. The summed E-state index contributed by atoms with van der Waals surface area (Å²) < 4.78 is 31.0. The van der Waals surface area contributed by atoms with Gasteiger partial charge >= 0.3 is 0 Å². The molecular formula is C10H13F2NO. The zero-order valence-electron chi connectivity index (χ0n) is 7.97. The Bertz CT molecular complexity index is 304. The lowest BCUT2D eigenvalue weighted by atomic mass is 10.2. The number of hydrogen-bond donors (Lipinski definition) is 1. The van der Waals surface area contributed by atoms with Crippen molar-refractivity contribution in [3.8, 4) is 5.75 Å². The summed E-state index contributed by atoms with van der Waals surface area (Å²) in [5, 5.41) is 0. The maximum absolute atomic E-state index is 13.1. The second-order valence-electron chi connectivity index (χ2n) is 3.06. The van der Waals surface area contributed by atoms with Crippen LogP contribution in [0.1, 0.15) is 13.3 Å². The highest BCUT2D eigenvalue weighted by Crippen LogP contribution is 2.20. The molecule has 1 aromatic carbocycles. The lowest BCUT2D eigenvalue weighted by Crippen LogP contribution is -2.17. The van der Waals surface area contributed by atoms with Crippen LogP contribution in [0, 0.1) is 11.6 Å². The Morgan fingerprint density at radius 1 is 1.43 bits per heavy atom. The van der Waals surface area contributed by atoms with Crippen molar-refractivity contribution in [3.05, 3.63) is 29.8 Å². The van der Waals surface area contributed by atoms with Crippen LogP contribution < -0.4 is 10.5 Å². The van der Waals surface area contributed by atoms with Gasteiger partial charge in [0.05, 0.1) is 6.10 Å². The van der Waals surface area contributed by atoms with Crippen LogP contribution in [0.15, 0.2) is 18.2 Å². The van der Waals surface area contributed by atoms with E-state index >= 15 is 0 Å². The van der Waals surface area contributed by atoms with E-state index in [4.69, 9.17) is 10.5 Å². The average molecular weight is 201 g/mol. The molecule has 0 spiro atoms. The number of rotatable bonds is 4. The molecular weight excluding hydrogens is 188 g/mol. The molecule has 0 aliphatic heterocycles. The summed E-state index contributed by atoms with van der Waals surface area (Å²) in [7, 11) is 0. The van der Waals surface area contributed by atoms with E-state index in [1.54, 1.807) is 6.92 Å². The minimum atomic E-state index is -0.948. The molecule has 0 aliphatic carbocycles. The third-order valence-corrected chi connectivity index (χ3v) is 1.82. The fraction of sp³-hybridized carbons (Fsp3) is 0.400. The summed E-state index contributed by atoms with van der Waals surface area (Å²) in [6.45, 7) is 2.22. The number of nitrogens with two attached hydrogens (primary N) is 1. The average Bonchev–Trinajstić information content (AvgIpc) is 2.13. The van der Waals surface area contributed by atoms with Crippen molar-refractivity contribution in [1.82, 2.24) is 0 Å². The van der Waals surface area contributed by atoms with Crippen LogP contribution in [0.3, 0.4) is 0 Å². The minimum absolute atomic E-state index is 0.0639. The quantitative estimate of drug-likeness (QED) is 0.809. The van der Waals surface area contributed by atoms with Crippen molar-refractivity contribution in [3.63, 3.8) is 0 Å². The molecule has 1 rings (SSSR count). The highest BCUT2D eigenvalue weighted by atomic mass is 19.2. The lowest BCUT2D eigenvalue weighted by Gasteiger charge is -2.14. The van der Waals surface area contributed by atoms with Gasteiger partial charge in [0.1, 0.15) is 0 Å². The highest BCUT2D eigenvalue weighted by Gasteiger charge is 2.11. The monoisotopic (exact) mass is 201 g/mol. The molecule has 0 bridgehead atoms. The molecule has 78 valence electrons. The van der Waals surface area contributed by atoms with Crippen molar-refractivity contribution in [2.45, 2.75) is 19.4 Å². The van der Waals surface area contributed by atoms with E-state index in [0.29, 0.717) is 13.0 Å². The Kier molecular flexibility index (Phi) is 3.83. The predicted octanol–water partition coefficient (Wildman–Crippen LogP) is 2.08. The van der Waals surface area contributed by atoms with Crippen LogP contribution in [0.5, 0.6) is 5.75 Å². The molecule has 0 amide bonds. The van der Waals surface area contributed by atoms with E-state index in [-0.39, 0.29) is 11.9 Å². The predicted molar refractivity (Wildman–Crippen MR) is 50.1 cm³/mol. The first-order valence-corrected chi connectivity index (χ1v) is 4.46. The first-order chi connectivity index (χ1) is 6.65. The first-order valence-electron chi connectivity index (χ1n) is 4.46. The van der Waals surface area contributed by atoms with E-state index in [1.807, 2.05) is 0 Å². The van der Waals surface area contributed by atoms with E-state index in [2.05, 4.69) is 0 Å². The fourth-order valence-electron chi connectivity index (χ4n) is 1.09. The third kappa shape index (κ3) is 2.67. The van der Waals surface area contributed by atoms with Gasteiger partial charge in [-0.3, -0.25) is 0 Å². The van der Waals surface area contributed by atoms with Crippen LogP contribution in [0.25, 0.3) is 0 Å². The van der Waals surface area contributed by atoms with Gasteiger partial charge in [-0.2, -0.15) is 4.39 Å². The van der Waals surface area contributed by atoms with Crippen LogP contribution in [-0.4, -0.2) is 12.6 Å². The SMILES string of the molecule is CC(CCN)Oc1cccc(F)c1F. The number of hydrogen-bond acceptors (Lipinski definition) is 2. The Balaban J connectivity index is 2.71. The number of halogens is 2. The van der Waals surface area contributed by atoms with E-state index in [9.17, 15) is 8.78 Å². The van der Waals surface area contributed by atoms with Crippen LogP contribution in [-0.2, 0) is 0 Å². The largest absolute Gasteiger partial charge is 0.487 e. The molecule has 0 saturated heterocycles. The normalized spacial score (nSPS) is 12.6. The molecule has 0 fully saturated rings. The molecule has 0 saturated carbocycles. The molecule has 14 heavy (non-hydrogen) atoms. The number of ether oxygens (including phenoxy) is 1. The van der Waals surface area contributed by atoms with Crippen molar-refractivity contribution in [2.75, 3.05) is 6.54 Å². The molecule has 1 atom stereocenters. The highest BCUT2D eigenvalue weighted by molar-refractivity contribution is 5.25. The minimum Gasteiger partial charge on any atom is -0.487 e. The van der Waals surface area contributed by atoms with Crippen molar-refractivity contribution in [2.24, 2.45) is 5.73 Å². The zero-order valence-corrected chi connectivity index (χ0v) is 7.97. The number of benzene rings is 1. The van der Waals surface area contributed by atoms with Gasteiger partial charge in [-0.1, -0.05) is 6.07 Å². The summed E-state index contributed by atoms with van der Waals surface area (Å²) in [5.74, 6) is -1.91. The summed E-state index contributed by atoms with van der Waals surface area (Å²) in [6, 6.07) is 3.85. The van der Waals surface area contributed by atoms with Gasteiger partial charge in [0, 0.05) is 0 Å². The molecule has 0 aliphatic rings. The maximum atomic E-state index is 13.1. The van der Waals surface area contributed by atoms with E-state index in [0.717, 1.165) is 6.07 Å². The zero-order chi connectivity index (χ0) is 10.6. The van der Waals surface area contributed by atoms with Gasteiger partial charge < -0.3 is 10.5 Å². The Hall–Kier alpha value is -1.16. The van der Waals surface area contributed by atoms with E-state index < -0.39 is 11.6 Å². The van der Waals surface area contributed by atoms with Crippen molar-refractivity contribution >= 4 is 0 Å². The summed E-state index contributed by atoms with van der Waals surface area (Å²) in [5.41, 5.74) is 5.30. The lowest BCUT2D eigenvalue weighted by molar-refractivity contribution is 0.202. The third-order valence-electron chi connectivity index (χ3n) is 1.82. The van der Waals surface area contributed by atoms with Gasteiger partial charge in [-0.05, 0) is 32.0 Å².